The van der Waals surface area contributed by atoms with Gasteiger partial charge in [-0.1, -0.05) is 42.5 Å². The number of aromatic nitrogens is 1. The number of carboxylic acid groups (broad SMARTS) is 1. The van der Waals surface area contributed by atoms with Crippen molar-refractivity contribution in [2.24, 2.45) is 0 Å². The van der Waals surface area contributed by atoms with Gasteiger partial charge in [0, 0.05) is 28.9 Å². The van der Waals surface area contributed by atoms with E-state index >= 15 is 0 Å². The molecule has 3 N–H and O–H groups in total. The van der Waals surface area contributed by atoms with Gasteiger partial charge < -0.3 is 15.3 Å². The quantitative estimate of drug-likeness (QED) is 0.227. The summed E-state index contributed by atoms with van der Waals surface area (Å²) < 4.78 is 1.15. The van der Waals surface area contributed by atoms with Gasteiger partial charge in [-0.25, -0.2) is 4.79 Å². The molecule has 0 aliphatic carbocycles. The first kappa shape index (κ1) is 21.3. The van der Waals surface area contributed by atoms with Crippen LogP contribution in [0.25, 0.3) is 16.9 Å². The van der Waals surface area contributed by atoms with Gasteiger partial charge in [-0.05, 0) is 24.3 Å². The molecule has 164 valence electrons. The SMILES string of the molecule is O=C(O)c1ccc(-n2c(O)c(O)c(C(=O)c3ccccc3)c2-c2cccc([N+](=O)[O-])c2)cc1. The number of aromatic carboxylic acids is 1. The number of non-ortho nitro benzene ring substituents is 1. The number of ketones is 1. The van der Waals surface area contributed by atoms with Crippen LogP contribution >= 0.6 is 0 Å². The summed E-state index contributed by atoms with van der Waals surface area (Å²) in [5, 5.41) is 42.0. The van der Waals surface area contributed by atoms with Crippen molar-refractivity contribution in [3.63, 3.8) is 0 Å². The lowest BCUT2D eigenvalue weighted by Gasteiger charge is -2.12. The van der Waals surface area contributed by atoms with Crippen LogP contribution in [0.2, 0.25) is 0 Å². The van der Waals surface area contributed by atoms with E-state index in [0.29, 0.717) is 0 Å². The Balaban J connectivity index is 2.03. The predicted octanol–water partition coefficient (Wildman–Crippen LogP) is 4.39. The fraction of sp³-hybridized carbons (Fsp3) is 0. The highest BCUT2D eigenvalue weighted by molar-refractivity contribution is 6.15. The van der Waals surface area contributed by atoms with E-state index in [4.69, 9.17) is 5.11 Å². The number of nitro groups is 1. The molecule has 0 radical (unpaired) electrons. The molecule has 0 saturated carbocycles. The number of hydrogen-bond donors (Lipinski definition) is 3. The lowest BCUT2D eigenvalue weighted by atomic mass is 9.99. The molecule has 0 unspecified atom stereocenters. The zero-order valence-corrected chi connectivity index (χ0v) is 16.9. The van der Waals surface area contributed by atoms with E-state index in [1.165, 1.54) is 60.7 Å². The van der Waals surface area contributed by atoms with E-state index in [9.17, 15) is 29.9 Å². The summed E-state index contributed by atoms with van der Waals surface area (Å²) >= 11 is 0. The molecule has 4 aromatic rings. The van der Waals surface area contributed by atoms with Crippen LogP contribution in [-0.2, 0) is 0 Å². The maximum atomic E-state index is 13.3. The van der Waals surface area contributed by atoms with E-state index in [2.05, 4.69) is 0 Å². The minimum Gasteiger partial charge on any atom is -0.503 e. The molecule has 0 aliphatic heterocycles. The average Bonchev–Trinajstić information content (AvgIpc) is 3.09. The van der Waals surface area contributed by atoms with Crippen molar-refractivity contribution in [3.8, 4) is 28.6 Å². The molecular formula is C24H16N2O7. The van der Waals surface area contributed by atoms with Gasteiger partial charge in [-0.2, -0.15) is 0 Å². The fourth-order valence-electron chi connectivity index (χ4n) is 3.54. The third kappa shape index (κ3) is 3.79. The Morgan fingerprint density at radius 2 is 1.52 bits per heavy atom. The van der Waals surface area contributed by atoms with Crippen LogP contribution in [-0.4, -0.2) is 36.6 Å². The molecule has 1 heterocycles. The molecule has 9 nitrogen and oxygen atoms in total. The molecule has 0 atom stereocenters. The van der Waals surface area contributed by atoms with Crippen LogP contribution < -0.4 is 0 Å². The Labute approximate surface area is 186 Å². The number of nitro benzene ring substituents is 1. The molecule has 0 bridgehead atoms. The van der Waals surface area contributed by atoms with Crippen LogP contribution in [0.15, 0.2) is 78.9 Å². The number of carbonyl (C=O) groups is 2. The number of benzene rings is 3. The van der Waals surface area contributed by atoms with Crippen LogP contribution in [0.5, 0.6) is 11.6 Å². The number of carboxylic acids is 1. The minimum atomic E-state index is -1.15. The summed E-state index contributed by atoms with van der Waals surface area (Å²) in [6.45, 7) is 0. The monoisotopic (exact) mass is 444 g/mol. The normalized spacial score (nSPS) is 10.7. The van der Waals surface area contributed by atoms with E-state index in [1.54, 1.807) is 18.2 Å². The number of hydrogen-bond acceptors (Lipinski definition) is 6. The van der Waals surface area contributed by atoms with Gasteiger partial charge in [0.1, 0.15) is 0 Å². The van der Waals surface area contributed by atoms with Crippen molar-refractivity contribution in [1.29, 1.82) is 0 Å². The average molecular weight is 444 g/mol. The standard InChI is InChI=1S/C24H16N2O7/c27-21(14-5-2-1-3-6-14)19-20(16-7-4-8-18(13-16)26(32)33)25(23(29)22(19)28)17-11-9-15(10-12-17)24(30)31/h1-13,28-29H,(H,30,31). The second-order valence-corrected chi connectivity index (χ2v) is 7.09. The number of rotatable bonds is 6. The third-order valence-electron chi connectivity index (χ3n) is 5.09. The predicted molar refractivity (Wildman–Crippen MR) is 118 cm³/mol. The molecule has 0 saturated heterocycles. The van der Waals surface area contributed by atoms with Crippen molar-refractivity contribution in [1.82, 2.24) is 4.57 Å². The van der Waals surface area contributed by atoms with Crippen LogP contribution in [0.3, 0.4) is 0 Å². The van der Waals surface area contributed by atoms with Gasteiger partial charge in [0.2, 0.25) is 5.88 Å². The van der Waals surface area contributed by atoms with Crippen molar-refractivity contribution in [2.45, 2.75) is 0 Å². The Bertz CT molecular complexity index is 1390. The molecule has 4 rings (SSSR count). The molecule has 33 heavy (non-hydrogen) atoms. The molecular weight excluding hydrogens is 428 g/mol. The second-order valence-electron chi connectivity index (χ2n) is 7.09. The van der Waals surface area contributed by atoms with Gasteiger partial charge in [0.15, 0.2) is 11.5 Å². The Morgan fingerprint density at radius 3 is 2.12 bits per heavy atom. The van der Waals surface area contributed by atoms with Gasteiger partial charge in [0.25, 0.3) is 5.69 Å². The topological polar surface area (TPSA) is 143 Å². The zero-order valence-electron chi connectivity index (χ0n) is 16.9. The lowest BCUT2D eigenvalue weighted by molar-refractivity contribution is -0.384. The van der Waals surface area contributed by atoms with Gasteiger partial charge in [-0.3, -0.25) is 19.5 Å². The van der Waals surface area contributed by atoms with Crippen LogP contribution in [0.4, 0.5) is 5.69 Å². The Hall–Kier alpha value is -4.92. The Kier molecular flexibility index (Phi) is 5.37. The van der Waals surface area contributed by atoms with E-state index in [0.717, 1.165) is 4.57 Å². The number of aromatic hydroxyl groups is 2. The highest BCUT2D eigenvalue weighted by atomic mass is 16.6. The summed E-state index contributed by atoms with van der Waals surface area (Å²) in [6.07, 6.45) is 0. The fourth-order valence-corrected chi connectivity index (χ4v) is 3.54. The summed E-state index contributed by atoms with van der Waals surface area (Å²) in [5.41, 5.74) is 0.179. The summed E-state index contributed by atoms with van der Waals surface area (Å²) in [5.74, 6) is -3.13. The summed E-state index contributed by atoms with van der Waals surface area (Å²) in [6, 6.07) is 18.9. The van der Waals surface area contributed by atoms with Crippen molar-refractivity contribution < 1.29 is 29.8 Å². The first-order chi connectivity index (χ1) is 15.8. The Morgan fingerprint density at radius 1 is 0.848 bits per heavy atom. The van der Waals surface area contributed by atoms with Gasteiger partial charge in [-0.15, -0.1) is 0 Å². The first-order valence-electron chi connectivity index (χ1n) is 9.64. The van der Waals surface area contributed by atoms with E-state index < -0.39 is 28.3 Å². The summed E-state index contributed by atoms with van der Waals surface area (Å²) in [7, 11) is 0. The van der Waals surface area contributed by atoms with E-state index in [-0.39, 0.29) is 39.3 Å². The minimum absolute atomic E-state index is 0.00731. The zero-order chi connectivity index (χ0) is 23.7. The van der Waals surface area contributed by atoms with Gasteiger partial charge in [0.05, 0.1) is 21.7 Å². The van der Waals surface area contributed by atoms with Gasteiger partial charge >= 0.3 is 5.97 Å². The number of nitrogens with zero attached hydrogens (tertiary/aromatic N) is 2. The highest BCUT2D eigenvalue weighted by Gasteiger charge is 2.30. The molecule has 0 spiro atoms. The lowest BCUT2D eigenvalue weighted by Crippen LogP contribution is -2.05. The maximum Gasteiger partial charge on any atom is 0.335 e. The molecule has 1 aromatic heterocycles. The van der Waals surface area contributed by atoms with Crippen molar-refractivity contribution in [2.75, 3.05) is 0 Å². The first-order valence-corrected chi connectivity index (χ1v) is 9.64. The smallest absolute Gasteiger partial charge is 0.335 e. The van der Waals surface area contributed by atoms with Crippen LogP contribution in [0, 0.1) is 10.1 Å². The number of carbonyl (C=O) groups excluding carboxylic acids is 1. The molecule has 0 amide bonds. The van der Waals surface area contributed by atoms with Crippen molar-refractivity contribution in [3.05, 3.63) is 106 Å². The third-order valence-corrected chi connectivity index (χ3v) is 5.09. The van der Waals surface area contributed by atoms with E-state index in [1.807, 2.05) is 0 Å². The highest BCUT2D eigenvalue weighted by Crippen LogP contribution is 2.44. The molecule has 0 aliphatic rings. The molecule has 9 heteroatoms. The largest absolute Gasteiger partial charge is 0.503 e. The second kappa shape index (κ2) is 8.31. The summed E-state index contributed by atoms with van der Waals surface area (Å²) in [4.78, 5) is 35.3. The molecule has 0 fully saturated rings. The van der Waals surface area contributed by atoms with Crippen molar-refractivity contribution >= 4 is 17.4 Å². The molecule has 3 aromatic carbocycles. The maximum absolute atomic E-state index is 13.3. The van der Waals surface area contributed by atoms with Crippen LogP contribution in [0.1, 0.15) is 26.3 Å².